The zero-order valence-electron chi connectivity index (χ0n) is 10.3. The zero-order valence-corrected chi connectivity index (χ0v) is 10.3. The summed E-state index contributed by atoms with van der Waals surface area (Å²) >= 11 is 0. The molecule has 1 amide bonds. The van der Waals surface area contributed by atoms with Crippen LogP contribution in [0.3, 0.4) is 0 Å². The average Bonchev–Trinajstić information content (AvgIpc) is 2.57. The molecule has 0 aromatic carbocycles. The largest absolute Gasteiger partial charge is 0.465 e. The monoisotopic (exact) mass is 235 g/mol. The second-order valence-electron chi connectivity index (χ2n) is 5.43. The molecule has 5 heteroatoms. The van der Waals surface area contributed by atoms with Crippen molar-refractivity contribution in [2.75, 3.05) is 10.6 Å². The molecule has 1 aliphatic rings. The molecule has 0 radical (unpaired) electrons. The molecule has 1 aliphatic heterocycles. The molecule has 5 nitrogen and oxygen atoms in total. The normalized spacial score (nSPS) is 19.2. The molecule has 0 aliphatic carbocycles. The van der Waals surface area contributed by atoms with E-state index in [0.717, 1.165) is 5.56 Å². The van der Waals surface area contributed by atoms with Crippen molar-refractivity contribution < 1.29 is 9.90 Å². The van der Waals surface area contributed by atoms with Gasteiger partial charge in [0.15, 0.2) is 0 Å². The third-order valence-corrected chi connectivity index (χ3v) is 3.24. The SMILES string of the molecule is CC(C)(C)C1Cc2c(ccnc2N)N1C(=O)O. The predicted molar refractivity (Wildman–Crippen MR) is 66.1 cm³/mol. The van der Waals surface area contributed by atoms with E-state index in [1.807, 2.05) is 20.8 Å². The number of hydrogen-bond acceptors (Lipinski definition) is 3. The molecule has 92 valence electrons. The maximum absolute atomic E-state index is 11.4. The number of nitrogen functional groups attached to an aromatic ring is 1. The Balaban J connectivity index is 2.52. The quantitative estimate of drug-likeness (QED) is 0.721. The van der Waals surface area contributed by atoms with Gasteiger partial charge < -0.3 is 10.8 Å². The number of hydrogen-bond donors (Lipinski definition) is 2. The maximum atomic E-state index is 11.4. The third-order valence-electron chi connectivity index (χ3n) is 3.24. The zero-order chi connectivity index (χ0) is 12.8. The molecular weight excluding hydrogens is 218 g/mol. The first kappa shape index (κ1) is 11.7. The summed E-state index contributed by atoms with van der Waals surface area (Å²) < 4.78 is 0. The molecule has 0 fully saturated rings. The molecule has 1 unspecified atom stereocenters. The van der Waals surface area contributed by atoms with Gasteiger partial charge in [-0.25, -0.2) is 9.78 Å². The second-order valence-corrected chi connectivity index (χ2v) is 5.43. The highest BCUT2D eigenvalue weighted by Gasteiger charge is 2.41. The van der Waals surface area contributed by atoms with Crippen molar-refractivity contribution >= 4 is 17.6 Å². The van der Waals surface area contributed by atoms with Gasteiger partial charge in [0.25, 0.3) is 0 Å². The van der Waals surface area contributed by atoms with Crippen molar-refractivity contribution in [3.05, 3.63) is 17.8 Å². The topological polar surface area (TPSA) is 79.5 Å². The smallest absolute Gasteiger partial charge is 0.412 e. The lowest BCUT2D eigenvalue weighted by molar-refractivity contribution is 0.191. The van der Waals surface area contributed by atoms with Gasteiger partial charge in [-0.05, 0) is 17.9 Å². The molecular formula is C12H17N3O2. The summed E-state index contributed by atoms with van der Waals surface area (Å²) in [4.78, 5) is 16.8. The van der Waals surface area contributed by atoms with E-state index in [9.17, 15) is 9.90 Å². The van der Waals surface area contributed by atoms with Gasteiger partial charge in [-0.3, -0.25) is 4.90 Å². The van der Waals surface area contributed by atoms with Crippen LogP contribution in [-0.4, -0.2) is 22.2 Å². The van der Waals surface area contributed by atoms with E-state index in [-0.39, 0.29) is 11.5 Å². The number of anilines is 2. The van der Waals surface area contributed by atoms with Crippen molar-refractivity contribution in [3.63, 3.8) is 0 Å². The summed E-state index contributed by atoms with van der Waals surface area (Å²) in [6, 6.07) is 1.62. The Morgan fingerprint density at radius 2 is 2.24 bits per heavy atom. The molecule has 1 aromatic heterocycles. The third kappa shape index (κ3) is 1.81. The van der Waals surface area contributed by atoms with Crippen LogP contribution in [0.15, 0.2) is 12.3 Å². The molecule has 0 bridgehead atoms. The number of rotatable bonds is 0. The molecule has 0 saturated carbocycles. The lowest BCUT2D eigenvalue weighted by Crippen LogP contribution is -2.44. The van der Waals surface area contributed by atoms with Gasteiger partial charge in [0.05, 0.1) is 5.69 Å². The first-order valence-electron chi connectivity index (χ1n) is 5.58. The maximum Gasteiger partial charge on any atom is 0.412 e. The van der Waals surface area contributed by atoms with E-state index < -0.39 is 6.09 Å². The fourth-order valence-electron chi connectivity index (χ4n) is 2.32. The fraction of sp³-hybridized carbons (Fsp3) is 0.500. The van der Waals surface area contributed by atoms with Gasteiger partial charge in [0, 0.05) is 17.8 Å². The number of fused-ring (bicyclic) bond motifs is 1. The Bertz CT molecular complexity index is 465. The standard InChI is InChI=1S/C12H17N3O2/c1-12(2,3)9-6-7-8(15(9)11(16)17)4-5-14-10(7)13/h4-5,9H,6H2,1-3H3,(H2,13,14)(H,16,17). The number of amides is 1. The summed E-state index contributed by atoms with van der Waals surface area (Å²) in [7, 11) is 0. The summed E-state index contributed by atoms with van der Waals surface area (Å²) in [6.07, 6.45) is 1.24. The number of carboxylic acid groups (broad SMARTS) is 1. The molecule has 1 aromatic rings. The van der Waals surface area contributed by atoms with Crippen LogP contribution in [0.1, 0.15) is 26.3 Å². The van der Waals surface area contributed by atoms with Gasteiger partial charge in [-0.15, -0.1) is 0 Å². The summed E-state index contributed by atoms with van der Waals surface area (Å²) in [5, 5.41) is 9.35. The molecule has 0 spiro atoms. The summed E-state index contributed by atoms with van der Waals surface area (Å²) in [6.45, 7) is 6.09. The van der Waals surface area contributed by atoms with E-state index in [1.54, 1.807) is 12.3 Å². The number of aromatic nitrogens is 1. The molecule has 1 atom stereocenters. The van der Waals surface area contributed by atoms with E-state index in [4.69, 9.17) is 5.73 Å². The first-order chi connectivity index (χ1) is 7.82. The number of carbonyl (C=O) groups is 1. The van der Waals surface area contributed by atoms with E-state index >= 15 is 0 Å². The van der Waals surface area contributed by atoms with Crippen LogP contribution >= 0.6 is 0 Å². The molecule has 0 saturated heterocycles. The van der Waals surface area contributed by atoms with Crippen LogP contribution < -0.4 is 10.6 Å². The number of nitrogens with two attached hydrogens (primary N) is 1. The minimum absolute atomic E-state index is 0.0958. The van der Waals surface area contributed by atoms with Crippen LogP contribution in [0.5, 0.6) is 0 Å². The van der Waals surface area contributed by atoms with Crippen molar-refractivity contribution in [1.82, 2.24) is 4.98 Å². The van der Waals surface area contributed by atoms with E-state index in [0.29, 0.717) is 17.9 Å². The first-order valence-corrected chi connectivity index (χ1v) is 5.58. The van der Waals surface area contributed by atoms with E-state index in [1.165, 1.54) is 4.90 Å². The van der Waals surface area contributed by atoms with Gasteiger partial charge in [-0.1, -0.05) is 20.8 Å². The second kappa shape index (κ2) is 3.61. The van der Waals surface area contributed by atoms with Crippen LogP contribution in [0.2, 0.25) is 0 Å². The van der Waals surface area contributed by atoms with Crippen LogP contribution in [-0.2, 0) is 6.42 Å². The minimum atomic E-state index is -0.936. The summed E-state index contributed by atoms with van der Waals surface area (Å²) in [5.74, 6) is 0.431. The molecule has 17 heavy (non-hydrogen) atoms. The lowest BCUT2D eigenvalue weighted by Gasteiger charge is -2.33. The highest BCUT2D eigenvalue weighted by molar-refractivity contribution is 5.91. The van der Waals surface area contributed by atoms with Crippen LogP contribution in [0, 0.1) is 5.41 Å². The van der Waals surface area contributed by atoms with Gasteiger partial charge in [0.2, 0.25) is 0 Å². The number of nitrogens with zero attached hydrogens (tertiary/aromatic N) is 2. The fourth-order valence-corrected chi connectivity index (χ4v) is 2.32. The van der Waals surface area contributed by atoms with Crippen LogP contribution in [0.4, 0.5) is 16.3 Å². The van der Waals surface area contributed by atoms with Crippen molar-refractivity contribution in [2.24, 2.45) is 5.41 Å². The highest BCUT2D eigenvalue weighted by Crippen LogP contribution is 2.41. The lowest BCUT2D eigenvalue weighted by atomic mass is 9.84. The van der Waals surface area contributed by atoms with Crippen molar-refractivity contribution in [2.45, 2.75) is 33.2 Å². The predicted octanol–water partition coefficient (Wildman–Crippen LogP) is 2.12. The van der Waals surface area contributed by atoms with Crippen LogP contribution in [0.25, 0.3) is 0 Å². The minimum Gasteiger partial charge on any atom is -0.465 e. The highest BCUT2D eigenvalue weighted by atomic mass is 16.4. The Labute approximate surface area is 100 Å². The molecule has 3 N–H and O–H groups in total. The number of pyridine rings is 1. The Morgan fingerprint density at radius 1 is 1.59 bits per heavy atom. The Kier molecular flexibility index (Phi) is 2.49. The average molecular weight is 235 g/mol. The van der Waals surface area contributed by atoms with Gasteiger partial charge in [-0.2, -0.15) is 0 Å². The summed E-state index contributed by atoms with van der Waals surface area (Å²) in [5.41, 5.74) is 7.19. The van der Waals surface area contributed by atoms with Gasteiger partial charge >= 0.3 is 6.09 Å². The van der Waals surface area contributed by atoms with Crippen molar-refractivity contribution in [1.29, 1.82) is 0 Å². The Morgan fingerprint density at radius 3 is 2.76 bits per heavy atom. The van der Waals surface area contributed by atoms with E-state index in [2.05, 4.69) is 4.98 Å². The molecule has 2 heterocycles. The molecule has 2 rings (SSSR count). The van der Waals surface area contributed by atoms with Crippen molar-refractivity contribution in [3.8, 4) is 0 Å². The van der Waals surface area contributed by atoms with Gasteiger partial charge in [0.1, 0.15) is 5.82 Å². The Hall–Kier alpha value is -1.78.